The van der Waals surface area contributed by atoms with E-state index in [-0.39, 0.29) is 10.6 Å². The molecule has 1 aliphatic heterocycles. The van der Waals surface area contributed by atoms with Gasteiger partial charge in [0.2, 0.25) is 0 Å². The summed E-state index contributed by atoms with van der Waals surface area (Å²) in [6.07, 6.45) is 1.66. The Morgan fingerprint density at radius 2 is 2.19 bits per heavy atom. The van der Waals surface area contributed by atoms with Crippen LogP contribution in [0.3, 0.4) is 0 Å². The van der Waals surface area contributed by atoms with Crippen LogP contribution in [0.5, 0.6) is 5.75 Å². The highest BCUT2D eigenvalue weighted by Crippen LogP contribution is 2.37. The number of sulfone groups is 1. The van der Waals surface area contributed by atoms with Crippen molar-refractivity contribution in [1.82, 2.24) is 0 Å². The number of nitrogens with two attached hydrogens (primary N) is 1. The van der Waals surface area contributed by atoms with E-state index < -0.39 is 15.1 Å². The zero-order chi connectivity index (χ0) is 11.8. The van der Waals surface area contributed by atoms with Gasteiger partial charge in [-0.3, -0.25) is 0 Å². The second-order valence-corrected chi connectivity index (χ2v) is 6.25. The number of hydrogen-bond donors (Lipinski definition) is 2. The number of phenolic OH excluding ortho intramolecular Hbond substituents is 1. The lowest BCUT2D eigenvalue weighted by Gasteiger charge is -2.07. The fourth-order valence-corrected chi connectivity index (χ4v) is 4.17. The van der Waals surface area contributed by atoms with Crippen molar-refractivity contribution in [2.45, 2.75) is 29.4 Å². The predicted octanol–water partition coefficient (Wildman–Crippen LogP) is 0.830. The molecule has 3 N–H and O–H groups in total. The van der Waals surface area contributed by atoms with Gasteiger partial charge in [-0.2, -0.15) is 0 Å². The average molecular weight is 241 g/mol. The lowest BCUT2D eigenvalue weighted by Crippen LogP contribution is -2.18. The second kappa shape index (κ2) is 4.07. The van der Waals surface area contributed by atoms with E-state index in [1.807, 2.05) is 0 Å². The monoisotopic (exact) mass is 241 g/mol. The third-order valence-electron chi connectivity index (χ3n) is 3.02. The lowest BCUT2D eigenvalue weighted by molar-refractivity contribution is 0.466. The quantitative estimate of drug-likeness (QED) is 0.821. The SMILES string of the molecule is NCCCC1Cc2c(O)cccc2S1(=O)=O. The third-order valence-corrected chi connectivity index (χ3v) is 5.29. The number of benzene rings is 1. The van der Waals surface area contributed by atoms with E-state index in [0.717, 1.165) is 0 Å². The summed E-state index contributed by atoms with van der Waals surface area (Å²) in [5.74, 6) is 0.0799. The first-order valence-corrected chi connectivity index (χ1v) is 6.87. The number of phenols is 1. The molecule has 0 saturated heterocycles. The standard InChI is InChI=1S/C11H15NO3S/c12-6-2-3-8-7-9-10(13)4-1-5-11(9)16(8,14)15/h1,4-5,8,13H,2-3,6-7,12H2. The van der Waals surface area contributed by atoms with Crippen LogP contribution in [0.25, 0.3) is 0 Å². The Kier molecular flexibility index (Phi) is 2.90. The van der Waals surface area contributed by atoms with Crippen LogP contribution in [0.15, 0.2) is 23.1 Å². The first kappa shape index (κ1) is 11.4. The van der Waals surface area contributed by atoms with Crippen LogP contribution >= 0.6 is 0 Å². The Balaban J connectivity index is 2.38. The van der Waals surface area contributed by atoms with Crippen LogP contribution in [0, 0.1) is 0 Å². The Morgan fingerprint density at radius 1 is 1.44 bits per heavy atom. The van der Waals surface area contributed by atoms with Gasteiger partial charge in [-0.05, 0) is 37.9 Å². The summed E-state index contributed by atoms with van der Waals surface area (Å²) >= 11 is 0. The van der Waals surface area contributed by atoms with Crippen molar-refractivity contribution < 1.29 is 13.5 Å². The Labute approximate surface area is 95.0 Å². The van der Waals surface area contributed by atoms with E-state index in [1.54, 1.807) is 12.1 Å². The summed E-state index contributed by atoms with van der Waals surface area (Å²) in [6, 6.07) is 4.66. The molecule has 16 heavy (non-hydrogen) atoms. The van der Waals surface area contributed by atoms with Crippen molar-refractivity contribution >= 4 is 9.84 Å². The fraction of sp³-hybridized carbons (Fsp3) is 0.455. The first-order chi connectivity index (χ1) is 7.57. The Morgan fingerprint density at radius 3 is 2.81 bits per heavy atom. The van der Waals surface area contributed by atoms with Crippen molar-refractivity contribution in [2.24, 2.45) is 5.73 Å². The third kappa shape index (κ3) is 1.70. The van der Waals surface area contributed by atoms with E-state index >= 15 is 0 Å². The van der Waals surface area contributed by atoms with Crippen molar-refractivity contribution in [3.8, 4) is 5.75 Å². The molecule has 1 aliphatic rings. The summed E-state index contributed by atoms with van der Waals surface area (Å²) in [5, 5.41) is 9.20. The minimum Gasteiger partial charge on any atom is -0.508 e. The molecule has 0 bridgehead atoms. The molecule has 0 saturated carbocycles. The lowest BCUT2D eigenvalue weighted by atomic mass is 10.1. The summed E-state index contributed by atoms with van der Waals surface area (Å²) in [5.41, 5.74) is 5.95. The van der Waals surface area contributed by atoms with Crippen LogP contribution in [0.4, 0.5) is 0 Å². The summed E-state index contributed by atoms with van der Waals surface area (Å²) in [6.45, 7) is 0.494. The molecule has 1 atom stereocenters. The van der Waals surface area contributed by atoms with Crippen LogP contribution in [0.1, 0.15) is 18.4 Å². The Bertz CT molecular complexity index is 496. The van der Waals surface area contributed by atoms with Gasteiger partial charge in [0.15, 0.2) is 9.84 Å². The summed E-state index contributed by atoms with van der Waals surface area (Å²) < 4.78 is 24.2. The molecule has 1 aromatic rings. The fourth-order valence-electron chi connectivity index (χ4n) is 2.15. The highest BCUT2D eigenvalue weighted by molar-refractivity contribution is 7.92. The number of hydrogen-bond acceptors (Lipinski definition) is 4. The zero-order valence-electron chi connectivity index (χ0n) is 8.89. The molecule has 88 valence electrons. The molecule has 0 radical (unpaired) electrons. The maximum absolute atomic E-state index is 12.1. The van der Waals surface area contributed by atoms with E-state index in [1.165, 1.54) is 6.07 Å². The van der Waals surface area contributed by atoms with Gasteiger partial charge in [0.05, 0.1) is 10.1 Å². The predicted molar refractivity (Wildman–Crippen MR) is 61.1 cm³/mol. The molecule has 0 amide bonds. The van der Waals surface area contributed by atoms with E-state index in [9.17, 15) is 13.5 Å². The van der Waals surface area contributed by atoms with E-state index in [4.69, 9.17) is 5.73 Å². The largest absolute Gasteiger partial charge is 0.508 e. The maximum atomic E-state index is 12.1. The van der Waals surface area contributed by atoms with Gasteiger partial charge in [-0.15, -0.1) is 0 Å². The normalized spacial score (nSPS) is 21.9. The van der Waals surface area contributed by atoms with Crippen molar-refractivity contribution in [3.05, 3.63) is 23.8 Å². The van der Waals surface area contributed by atoms with Crippen LogP contribution in [-0.4, -0.2) is 25.3 Å². The van der Waals surface area contributed by atoms with Gasteiger partial charge >= 0.3 is 0 Å². The van der Waals surface area contributed by atoms with Crippen LogP contribution < -0.4 is 5.73 Å². The molecular formula is C11H15NO3S. The van der Waals surface area contributed by atoms with Crippen molar-refractivity contribution in [2.75, 3.05) is 6.54 Å². The molecule has 1 aromatic carbocycles. The molecule has 0 fully saturated rings. The molecule has 0 aliphatic carbocycles. The van der Waals surface area contributed by atoms with Crippen LogP contribution in [-0.2, 0) is 16.3 Å². The van der Waals surface area contributed by atoms with Crippen molar-refractivity contribution in [3.63, 3.8) is 0 Å². The average Bonchev–Trinajstić information content (AvgIpc) is 2.50. The smallest absolute Gasteiger partial charge is 0.181 e. The van der Waals surface area contributed by atoms with Crippen LogP contribution in [0.2, 0.25) is 0 Å². The minimum absolute atomic E-state index is 0.0799. The molecule has 1 unspecified atom stereocenters. The highest BCUT2D eigenvalue weighted by Gasteiger charge is 2.37. The molecule has 4 nitrogen and oxygen atoms in total. The molecular weight excluding hydrogens is 226 g/mol. The maximum Gasteiger partial charge on any atom is 0.181 e. The number of aromatic hydroxyl groups is 1. The molecule has 2 rings (SSSR count). The van der Waals surface area contributed by atoms with Gasteiger partial charge in [0.25, 0.3) is 0 Å². The molecule has 0 aromatic heterocycles. The zero-order valence-corrected chi connectivity index (χ0v) is 9.70. The number of fused-ring (bicyclic) bond motifs is 1. The summed E-state index contributed by atoms with van der Waals surface area (Å²) in [7, 11) is -3.26. The van der Waals surface area contributed by atoms with E-state index in [2.05, 4.69) is 0 Å². The minimum atomic E-state index is -3.26. The molecule has 0 spiro atoms. The topological polar surface area (TPSA) is 80.4 Å². The van der Waals surface area contributed by atoms with Gasteiger partial charge in [-0.1, -0.05) is 6.07 Å². The van der Waals surface area contributed by atoms with Gasteiger partial charge in [0.1, 0.15) is 5.75 Å². The highest BCUT2D eigenvalue weighted by atomic mass is 32.2. The number of rotatable bonds is 3. The Hall–Kier alpha value is -1.07. The molecule has 5 heteroatoms. The van der Waals surface area contributed by atoms with Crippen molar-refractivity contribution in [1.29, 1.82) is 0 Å². The first-order valence-electron chi connectivity index (χ1n) is 5.32. The van der Waals surface area contributed by atoms with Gasteiger partial charge < -0.3 is 10.8 Å². The molecule has 1 heterocycles. The van der Waals surface area contributed by atoms with Gasteiger partial charge in [0, 0.05) is 5.56 Å². The van der Waals surface area contributed by atoms with Gasteiger partial charge in [-0.25, -0.2) is 8.42 Å². The van der Waals surface area contributed by atoms with E-state index in [0.29, 0.717) is 31.4 Å². The summed E-state index contributed by atoms with van der Waals surface area (Å²) in [4.78, 5) is 0.287. The second-order valence-electron chi connectivity index (χ2n) is 4.06.